The number of methoxy groups -OCH3 is 2. The number of nitrogens with one attached hydrogen (secondary N) is 1. The van der Waals surface area contributed by atoms with Gasteiger partial charge in [-0.2, -0.15) is 0 Å². The van der Waals surface area contributed by atoms with Crippen molar-refractivity contribution in [3.63, 3.8) is 0 Å². The summed E-state index contributed by atoms with van der Waals surface area (Å²) in [5, 5.41) is 2.98. The zero-order chi connectivity index (χ0) is 15.7. The molecule has 3 N–H and O–H groups in total. The monoisotopic (exact) mass is 294 g/mol. The van der Waals surface area contributed by atoms with E-state index in [-0.39, 0.29) is 18.4 Å². The molecule has 1 atom stereocenters. The number of carbonyl (C=O) groups excluding carboxylic acids is 1. The maximum Gasteiger partial charge on any atom is 0.224 e. The van der Waals surface area contributed by atoms with Crippen LogP contribution < -0.4 is 20.5 Å². The van der Waals surface area contributed by atoms with Gasteiger partial charge in [0.15, 0.2) is 0 Å². The molecule has 0 aliphatic carbocycles. The normalized spacial score (nSPS) is 11.8. The molecule has 1 amide bonds. The minimum Gasteiger partial charge on any atom is -0.496 e. The molecule has 5 heteroatoms. The van der Waals surface area contributed by atoms with E-state index < -0.39 is 0 Å². The molecule has 0 aliphatic heterocycles. The lowest BCUT2D eigenvalue weighted by Crippen LogP contribution is -2.40. The van der Waals surface area contributed by atoms with Crippen molar-refractivity contribution in [1.29, 1.82) is 0 Å². The summed E-state index contributed by atoms with van der Waals surface area (Å²) in [6.45, 7) is 2.57. The SMILES string of the molecule is CCCCC(CN)NC(=O)Cc1c(OC)cccc1OC. The molecule has 0 radical (unpaired) electrons. The third-order valence-corrected chi connectivity index (χ3v) is 3.42. The summed E-state index contributed by atoms with van der Waals surface area (Å²) in [4.78, 5) is 12.2. The van der Waals surface area contributed by atoms with Gasteiger partial charge in [0.2, 0.25) is 5.91 Å². The van der Waals surface area contributed by atoms with Crippen LogP contribution in [-0.4, -0.2) is 32.7 Å². The zero-order valence-corrected chi connectivity index (χ0v) is 13.1. The Morgan fingerprint density at radius 3 is 2.38 bits per heavy atom. The first-order chi connectivity index (χ1) is 10.2. The highest BCUT2D eigenvalue weighted by molar-refractivity contribution is 5.80. The minimum atomic E-state index is -0.0654. The number of benzene rings is 1. The van der Waals surface area contributed by atoms with E-state index in [1.165, 1.54) is 0 Å². The number of ether oxygens (including phenoxy) is 2. The van der Waals surface area contributed by atoms with Crippen molar-refractivity contribution in [2.24, 2.45) is 5.73 Å². The summed E-state index contributed by atoms with van der Waals surface area (Å²) in [6, 6.07) is 5.51. The Morgan fingerprint density at radius 2 is 1.90 bits per heavy atom. The Bertz CT molecular complexity index is 427. The standard InChI is InChI=1S/C16H26N2O3/c1-4-5-7-12(11-17)18-16(19)10-13-14(20-2)8-6-9-15(13)21-3/h6,8-9,12H,4-5,7,10-11,17H2,1-3H3,(H,18,19). The van der Waals surface area contributed by atoms with E-state index in [4.69, 9.17) is 15.2 Å². The average molecular weight is 294 g/mol. The third kappa shape index (κ3) is 5.27. The highest BCUT2D eigenvalue weighted by atomic mass is 16.5. The predicted octanol–water partition coefficient (Wildman–Crippen LogP) is 1.88. The van der Waals surface area contributed by atoms with Crippen molar-refractivity contribution in [2.75, 3.05) is 20.8 Å². The number of hydrogen-bond acceptors (Lipinski definition) is 4. The molecule has 1 unspecified atom stereocenters. The molecule has 118 valence electrons. The number of unbranched alkanes of at least 4 members (excludes halogenated alkanes) is 1. The van der Waals surface area contributed by atoms with E-state index in [9.17, 15) is 4.79 Å². The second-order valence-corrected chi connectivity index (χ2v) is 4.96. The first-order valence-corrected chi connectivity index (χ1v) is 7.35. The van der Waals surface area contributed by atoms with Gasteiger partial charge in [-0.05, 0) is 18.6 Å². The van der Waals surface area contributed by atoms with Gasteiger partial charge in [-0.15, -0.1) is 0 Å². The largest absolute Gasteiger partial charge is 0.496 e. The fourth-order valence-electron chi connectivity index (χ4n) is 2.24. The van der Waals surface area contributed by atoms with Gasteiger partial charge in [0.05, 0.1) is 20.6 Å². The summed E-state index contributed by atoms with van der Waals surface area (Å²) in [5.41, 5.74) is 6.46. The third-order valence-electron chi connectivity index (χ3n) is 3.42. The summed E-state index contributed by atoms with van der Waals surface area (Å²) in [6.07, 6.45) is 3.27. The predicted molar refractivity (Wildman–Crippen MR) is 83.8 cm³/mol. The Hall–Kier alpha value is -1.75. The Kier molecular flexibility index (Phi) is 7.61. The van der Waals surface area contributed by atoms with Gasteiger partial charge in [-0.25, -0.2) is 0 Å². The van der Waals surface area contributed by atoms with E-state index in [1.807, 2.05) is 18.2 Å². The van der Waals surface area contributed by atoms with Crippen molar-refractivity contribution < 1.29 is 14.3 Å². The lowest BCUT2D eigenvalue weighted by atomic mass is 10.1. The van der Waals surface area contributed by atoms with Crippen LogP contribution in [0.15, 0.2) is 18.2 Å². The van der Waals surface area contributed by atoms with Crippen LogP contribution in [0, 0.1) is 0 Å². The number of nitrogens with two attached hydrogens (primary N) is 1. The Labute approximate surface area is 126 Å². The smallest absolute Gasteiger partial charge is 0.224 e. The molecule has 1 aromatic carbocycles. The topological polar surface area (TPSA) is 73.6 Å². The number of amides is 1. The van der Waals surface area contributed by atoms with Crippen molar-refractivity contribution in [2.45, 2.75) is 38.6 Å². The Morgan fingerprint density at radius 1 is 1.29 bits per heavy atom. The van der Waals surface area contributed by atoms with Gasteiger partial charge in [0.1, 0.15) is 11.5 Å². The molecular weight excluding hydrogens is 268 g/mol. The molecule has 1 rings (SSSR count). The number of rotatable bonds is 9. The van der Waals surface area contributed by atoms with Gasteiger partial charge in [0, 0.05) is 18.2 Å². The summed E-state index contributed by atoms with van der Waals surface area (Å²) >= 11 is 0. The Balaban J connectivity index is 2.73. The highest BCUT2D eigenvalue weighted by Gasteiger charge is 2.16. The quantitative estimate of drug-likeness (QED) is 0.729. The lowest BCUT2D eigenvalue weighted by molar-refractivity contribution is -0.121. The lowest BCUT2D eigenvalue weighted by Gasteiger charge is -2.18. The van der Waals surface area contributed by atoms with Crippen molar-refractivity contribution >= 4 is 5.91 Å². The fraction of sp³-hybridized carbons (Fsp3) is 0.562. The molecule has 0 saturated carbocycles. The second kappa shape index (κ2) is 9.23. The van der Waals surface area contributed by atoms with Crippen LogP contribution in [-0.2, 0) is 11.2 Å². The van der Waals surface area contributed by atoms with Gasteiger partial charge in [0.25, 0.3) is 0 Å². The molecule has 0 spiro atoms. The molecular formula is C16H26N2O3. The van der Waals surface area contributed by atoms with Crippen LogP contribution in [0.4, 0.5) is 0 Å². The fourth-order valence-corrected chi connectivity index (χ4v) is 2.24. The average Bonchev–Trinajstić information content (AvgIpc) is 2.51. The van der Waals surface area contributed by atoms with Crippen LogP contribution in [0.3, 0.4) is 0 Å². The molecule has 21 heavy (non-hydrogen) atoms. The maximum atomic E-state index is 12.2. The first kappa shape index (κ1) is 17.3. The molecule has 5 nitrogen and oxygen atoms in total. The summed E-state index contributed by atoms with van der Waals surface area (Å²) in [7, 11) is 3.17. The van der Waals surface area contributed by atoms with Crippen LogP contribution >= 0.6 is 0 Å². The zero-order valence-electron chi connectivity index (χ0n) is 13.1. The van der Waals surface area contributed by atoms with E-state index >= 15 is 0 Å². The summed E-state index contributed by atoms with van der Waals surface area (Å²) < 4.78 is 10.6. The molecule has 1 aromatic rings. The van der Waals surface area contributed by atoms with E-state index in [2.05, 4.69) is 12.2 Å². The molecule has 0 heterocycles. The van der Waals surface area contributed by atoms with Crippen molar-refractivity contribution in [3.05, 3.63) is 23.8 Å². The second-order valence-electron chi connectivity index (χ2n) is 4.96. The summed E-state index contributed by atoms with van der Waals surface area (Å²) in [5.74, 6) is 1.24. The highest BCUT2D eigenvalue weighted by Crippen LogP contribution is 2.28. The first-order valence-electron chi connectivity index (χ1n) is 7.35. The van der Waals surface area contributed by atoms with Gasteiger partial charge < -0.3 is 20.5 Å². The molecule has 0 bridgehead atoms. The van der Waals surface area contributed by atoms with E-state index in [1.54, 1.807) is 14.2 Å². The maximum absolute atomic E-state index is 12.2. The number of hydrogen-bond donors (Lipinski definition) is 2. The van der Waals surface area contributed by atoms with Crippen molar-refractivity contribution in [3.8, 4) is 11.5 Å². The minimum absolute atomic E-state index is 0.0261. The van der Waals surface area contributed by atoms with Crippen LogP contribution in [0.25, 0.3) is 0 Å². The molecule has 0 saturated heterocycles. The van der Waals surface area contributed by atoms with E-state index in [0.29, 0.717) is 18.0 Å². The number of carbonyl (C=O) groups is 1. The van der Waals surface area contributed by atoms with Gasteiger partial charge >= 0.3 is 0 Å². The van der Waals surface area contributed by atoms with Crippen LogP contribution in [0.5, 0.6) is 11.5 Å². The van der Waals surface area contributed by atoms with Gasteiger partial charge in [-0.1, -0.05) is 25.8 Å². The van der Waals surface area contributed by atoms with Crippen molar-refractivity contribution in [1.82, 2.24) is 5.32 Å². The van der Waals surface area contributed by atoms with Gasteiger partial charge in [-0.3, -0.25) is 4.79 Å². The molecule has 0 fully saturated rings. The van der Waals surface area contributed by atoms with E-state index in [0.717, 1.165) is 24.8 Å². The molecule has 0 aromatic heterocycles. The van der Waals surface area contributed by atoms with Crippen LogP contribution in [0.1, 0.15) is 31.7 Å². The van der Waals surface area contributed by atoms with Crippen LogP contribution in [0.2, 0.25) is 0 Å². The molecule has 0 aliphatic rings.